The zero-order valence-electron chi connectivity index (χ0n) is 13.4. The maximum absolute atomic E-state index is 12.3. The van der Waals surface area contributed by atoms with E-state index in [-0.39, 0.29) is 17.5 Å². The lowest BCUT2D eigenvalue weighted by Crippen LogP contribution is -2.35. The van der Waals surface area contributed by atoms with E-state index in [0.717, 1.165) is 24.9 Å². The van der Waals surface area contributed by atoms with Crippen molar-refractivity contribution in [3.05, 3.63) is 59.4 Å². The topological polar surface area (TPSA) is 84.2 Å². The fourth-order valence-corrected chi connectivity index (χ4v) is 2.83. The molecule has 1 heterocycles. The number of allylic oxidation sites excluding steroid dienone is 1. The smallest absolute Gasteiger partial charge is 0.339 e. The molecule has 24 heavy (non-hydrogen) atoms. The van der Waals surface area contributed by atoms with Crippen molar-refractivity contribution in [3.8, 4) is 5.69 Å². The molecule has 124 valence electrons. The van der Waals surface area contributed by atoms with Crippen LogP contribution in [0.4, 0.5) is 0 Å². The van der Waals surface area contributed by atoms with E-state index >= 15 is 0 Å². The van der Waals surface area contributed by atoms with Crippen LogP contribution in [0.25, 0.3) is 5.69 Å². The first kappa shape index (κ1) is 16.0. The fraction of sp³-hybridized carbons (Fsp3) is 0.278. The molecular formula is C18H19N3O3. The van der Waals surface area contributed by atoms with Crippen molar-refractivity contribution in [2.45, 2.75) is 32.2 Å². The van der Waals surface area contributed by atoms with Crippen LogP contribution in [0, 0.1) is 6.92 Å². The number of carbonyl (C=O) groups is 2. The maximum atomic E-state index is 12.3. The third-order valence-electron chi connectivity index (χ3n) is 4.22. The average Bonchev–Trinajstić information content (AvgIpc) is 2.97. The van der Waals surface area contributed by atoms with Crippen LogP contribution in [0.5, 0.6) is 0 Å². The van der Waals surface area contributed by atoms with Gasteiger partial charge in [0.2, 0.25) is 0 Å². The standard InChI is InChI=1S/C18H19N3O3/c1-12-16(18(23)24)11-19-21(12)15-9-7-13(8-10-15)17(22)20-14-5-3-2-4-6-14/h2-3,7-11,14H,4-6H2,1H3,(H,20,22)(H,23,24)/t14-/m1/s1. The Balaban J connectivity index is 1.74. The monoisotopic (exact) mass is 325 g/mol. The predicted octanol–water partition coefficient (Wildman–Crippen LogP) is 2.72. The minimum atomic E-state index is -1.00. The van der Waals surface area contributed by atoms with Gasteiger partial charge in [-0.1, -0.05) is 12.2 Å². The number of nitrogens with one attached hydrogen (secondary N) is 1. The summed E-state index contributed by atoms with van der Waals surface area (Å²) in [6, 6.07) is 7.17. The van der Waals surface area contributed by atoms with Crippen molar-refractivity contribution >= 4 is 11.9 Å². The lowest BCUT2D eigenvalue weighted by atomic mass is 10.0. The minimum Gasteiger partial charge on any atom is -0.478 e. The number of aromatic carboxylic acids is 1. The van der Waals surface area contributed by atoms with E-state index in [1.54, 1.807) is 35.9 Å². The molecule has 0 spiro atoms. The molecular weight excluding hydrogens is 306 g/mol. The largest absolute Gasteiger partial charge is 0.478 e. The molecule has 0 aliphatic heterocycles. The highest BCUT2D eigenvalue weighted by atomic mass is 16.4. The third kappa shape index (κ3) is 3.22. The van der Waals surface area contributed by atoms with Crippen LogP contribution in [0.2, 0.25) is 0 Å². The molecule has 6 nitrogen and oxygen atoms in total. The van der Waals surface area contributed by atoms with Crippen molar-refractivity contribution < 1.29 is 14.7 Å². The first-order chi connectivity index (χ1) is 11.6. The van der Waals surface area contributed by atoms with Crippen molar-refractivity contribution in [1.29, 1.82) is 0 Å². The van der Waals surface area contributed by atoms with Gasteiger partial charge in [-0.2, -0.15) is 5.10 Å². The lowest BCUT2D eigenvalue weighted by molar-refractivity contribution is 0.0695. The van der Waals surface area contributed by atoms with Gasteiger partial charge in [0.25, 0.3) is 5.91 Å². The van der Waals surface area contributed by atoms with Crippen LogP contribution in [0.1, 0.15) is 45.7 Å². The summed E-state index contributed by atoms with van der Waals surface area (Å²) in [5, 5.41) is 16.2. The van der Waals surface area contributed by atoms with Crippen LogP contribution >= 0.6 is 0 Å². The average molecular weight is 325 g/mol. The van der Waals surface area contributed by atoms with E-state index in [2.05, 4.69) is 22.6 Å². The molecule has 0 unspecified atom stereocenters. The Labute approximate surface area is 139 Å². The Morgan fingerprint density at radius 2 is 2.00 bits per heavy atom. The van der Waals surface area contributed by atoms with Gasteiger partial charge in [0.1, 0.15) is 5.56 Å². The predicted molar refractivity (Wildman–Crippen MR) is 89.5 cm³/mol. The van der Waals surface area contributed by atoms with Crippen molar-refractivity contribution in [2.24, 2.45) is 0 Å². The molecule has 1 aliphatic carbocycles. The molecule has 2 aromatic rings. The van der Waals surface area contributed by atoms with Gasteiger partial charge in [-0.25, -0.2) is 9.48 Å². The van der Waals surface area contributed by atoms with Crippen LogP contribution in [0.3, 0.4) is 0 Å². The van der Waals surface area contributed by atoms with Gasteiger partial charge in [0, 0.05) is 11.6 Å². The van der Waals surface area contributed by atoms with Crippen LogP contribution in [-0.4, -0.2) is 32.8 Å². The van der Waals surface area contributed by atoms with E-state index in [9.17, 15) is 9.59 Å². The van der Waals surface area contributed by atoms with Gasteiger partial charge >= 0.3 is 5.97 Å². The Morgan fingerprint density at radius 1 is 1.25 bits per heavy atom. The molecule has 0 radical (unpaired) electrons. The molecule has 1 amide bonds. The number of hydrogen-bond acceptors (Lipinski definition) is 3. The molecule has 0 saturated carbocycles. The van der Waals surface area contributed by atoms with Gasteiger partial charge in [-0.3, -0.25) is 4.79 Å². The summed E-state index contributed by atoms with van der Waals surface area (Å²) in [4.78, 5) is 23.4. The highest BCUT2D eigenvalue weighted by Gasteiger charge is 2.16. The van der Waals surface area contributed by atoms with Crippen molar-refractivity contribution in [1.82, 2.24) is 15.1 Å². The summed E-state index contributed by atoms with van der Waals surface area (Å²) >= 11 is 0. The van der Waals surface area contributed by atoms with Gasteiger partial charge in [0.05, 0.1) is 17.6 Å². The molecule has 0 saturated heterocycles. The Hall–Kier alpha value is -2.89. The molecule has 1 aliphatic rings. The van der Waals surface area contributed by atoms with Gasteiger partial charge in [-0.05, 0) is 50.5 Å². The fourth-order valence-electron chi connectivity index (χ4n) is 2.83. The Kier molecular flexibility index (Phi) is 4.46. The number of aromatic nitrogens is 2. The number of benzene rings is 1. The molecule has 3 rings (SSSR count). The van der Waals surface area contributed by atoms with E-state index in [4.69, 9.17) is 5.11 Å². The van der Waals surface area contributed by atoms with E-state index in [1.165, 1.54) is 6.20 Å². The molecule has 0 bridgehead atoms. The van der Waals surface area contributed by atoms with Crippen LogP contribution in [-0.2, 0) is 0 Å². The SMILES string of the molecule is Cc1c(C(=O)O)cnn1-c1ccc(C(=O)N[C@@H]2CC=CCC2)cc1. The maximum Gasteiger partial charge on any atom is 0.339 e. The highest BCUT2D eigenvalue weighted by molar-refractivity contribution is 5.94. The number of amides is 1. The molecule has 0 fully saturated rings. The summed E-state index contributed by atoms with van der Waals surface area (Å²) < 4.78 is 1.55. The Morgan fingerprint density at radius 3 is 2.58 bits per heavy atom. The molecule has 1 atom stereocenters. The molecule has 6 heteroatoms. The number of carboxylic acid groups (broad SMARTS) is 1. The van der Waals surface area contributed by atoms with Gasteiger partial charge < -0.3 is 10.4 Å². The summed E-state index contributed by atoms with van der Waals surface area (Å²) in [6.45, 7) is 1.70. The van der Waals surface area contributed by atoms with Crippen LogP contribution in [0.15, 0.2) is 42.6 Å². The van der Waals surface area contributed by atoms with Gasteiger partial charge in [-0.15, -0.1) is 0 Å². The van der Waals surface area contributed by atoms with Crippen molar-refractivity contribution in [3.63, 3.8) is 0 Å². The molecule has 2 N–H and O–H groups in total. The quantitative estimate of drug-likeness (QED) is 0.847. The summed E-state index contributed by atoms with van der Waals surface area (Å²) in [6.07, 6.45) is 8.38. The Bertz CT molecular complexity index is 790. The first-order valence-electron chi connectivity index (χ1n) is 7.90. The van der Waals surface area contributed by atoms with E-state index in [0.29, 0.717) is 11.3 Å². The second kappa shape index (κ2) is 6.70. The normalized spacial score (nSPS) is 16.8. The summed E-state index contributed by atoms with van der Waals surface area (Å²) in [5.74, 6) is -1.10. The van der Waals surface area contributed by atoms with Gasteiger partial charge in [0.15, 0.2) is 0 Å². The summed E-state index contributed by atoms with van der Waals surface area (Å²) in [7, 11) is 0. The second-order valence-electron chi connectivity index (χ2n) is 5.86. The van der Waals surface area contributed by atoms with Crippen molar-refractivity contribution in [2.75, 3.05) is 0 Å². The lowest BCUT2D eigenvalue weighted by Gasteiger charge is -2.19. The van der Waals surface area contributed by atoms with E-state index < -0.39 is 5.97 Å². The number of carboxylic acids is 1. The molecule has 1 aromatic carbocycles. The third-order valence-corrected chi connectivity index (χ3v) is 4.22. The minimum absolute atomic E-state index is 0.0923. The number of nitrogens with zero attached hydrogens (tertiary/aromatic N) is 2. The number of rotatable bonds is 4. The van der Waals surface area contributed by atoms with Crippen LogP contribution < -0.4 is 5.32 Å². The molecule has 1 aromatic heterocycles. The second-order valence-corrected chi connectivity index (χ2v) is 5.86. The summed E-state index contributed by atoms with van der Waals surface area (Å²) in [5.41, 5.74) is 2.02. The number of carbonyl (C=O) groups excluding carboxylic acids is 1. The highest BCUT2D eigenvalue weighted by Crippen LogP contribution is 2.16. The zero-order valence-corrected chi connectivity index (χ0v) is 13.4. The first-order valence-corrected chi connectivity index (χ1v) is 7.90. The zero-order chi connectivity index (χ0) is 17.1. The number of hydrogen-bond donors (Lipinski definition) is 2. The van der Waals surface area contributed by atoms with E-state index in [1.807, 2.05) is 0 Å².